The van der Waals surface area contributed by atoms with Crippen LogP contribution < -0.4 is 5.32 Å². The number of nitrogens with zero attached hydrogens (tertiary/aromatic N) is 1. The summed E-state index contributed by atoms with van der Waals surface area (Å²) in [5, 5.41) is 4.73. The van der Waals surface area contributed by atoms with Gasteiger partial charge in [0.15, 0.2) is 0 Å². The molecule has 1 aromatic heterocycles. The molecule has 1 aliphatic heterocycles. The van der Waals surface area contributed by atoms with Crippen molar-refractivity contribution in [3.8, 4) is 0 Å². The van der Waals surface area contributed by atoms with Crippen LogP contribution in [0, 0.1) is 6.92 Å². The van der Waals surface area contributed by atoms with E-state index in [1.165, 1.54) is 47.1 Å². The van der Waals surface area contributed by atoms with E-state index >= 15 is 0 Å². The molecule has 0 aliphatic carbocycles. The number of benzene rings is 1. The second kappa shape index (κ2) is 3.63. The number of rotatable bonds is 2. The van der Waals surface area contributed by atoms with Crippen LogP contribution in [0.25, 0.3) is 10.9 Å². The number of para-hydroxylation sites is 1. The average molecular weight is 214 g/mol. The van der Waals surface area contributed by atoms with Crippen molar-refractivity contribution < 1.29 is 0 Å². The van der Waals surface area contributed by atoms with E-state index in [0.717, 1.165) is 6.54 Å². The first-order chi connectivity index (χ1) is 7.83. The molecule has 0 atom stereocenters. The molecule has 0 saturated carbocycles. The van der Waals surface area contributed by atoms with Crippen molar-refractivity contribution in [3.05, 3.63) is 35.0 Å². The Morgan fingerprint density at radius 1 is 1.38 bits per heavy atom. The fourth-order valence-electron chi connectivity index (χ4n) is 2.98. The molecule has 1 N–H and O–H groups in total. The summed E-state index contributed by atoms with van der Waals surface area (Å²) in [5.41, 5.74) is 5.92. The van der Waals surface area contributed by atoms with E-state index in [-0.39, 0.29) is 0 Å². The third-order valence-electron chi connectivity index (χ3n) is 3.72. The fraction of sp³-hybridized carbons (Fsp3) is 0.429. The average Bonchev–Trinajstić information content (AvgIpc) is 2.58. The molecule has 0 fully saturated rings. The zero-order valence-electron chi connectivity index (χ0n) is 10.0. The van der Waals surface area contributed by atoms with Gasteiger partial charge < -0.3 is 9.88 Å². The van der Waals surface area contributed by atoms with Crippen molar-refractivity contribution in [2.24, 2.45) is 0 Å². The number of nitrogens with one attached hydrogen (secondary N) is 1. The zero-order chi connectivity index (χ0) is 11.1. The Bertz CT molecular complexity index is 537. The molecular formula is C14H18N2. The lowest BCUT2D eigenvalue weighted by Gasteiger charge is -2.17. The standard InChI is InChI=1S/C14H18N2/c1-10-12-7-3-5-11-6-4-8-16(14(11)12)13(10)9-15-2/h3,5,7,15H,4,6,8-9H2,1-2H3. The second-order valence-corrected chi connectivity index (χ2v) is 4.67. The zero-order valence-corrected chi connectivity index (χ0v) is 10.0. The van der Waals surface area contributed by atoms with Crippen molar-refractivity contribution in [2.45, 2.75) is 32.9 Å². The van der Waals surface area contributed by atoms with Crippen LogP contribution in [-0.4, -0.2) is 11.6 Å². The summed E-state index contributed by atoms with van der Waals surface area (Å²) >= 11 is 0. The molecule has 2 heterocycles. The number of aryl methyl sites for hydroxylation is 3. The predicted molar refractivity (Wildman–Crippen MR) is 67.8 cm³/mol. The predicted octanol–water partition coefficient (Wildman–Crippen LogP) is 2.62. The molecule has 0 radical (unpaired) electrons. The van der Waals surface area contributed by atoms with Gasteiger partial charge in [0.1, 0.15) is 0 Å². The first-order valence-corrected chi connectivity index (χ1v) is 6.07. The Morgan fingerprint density at radius 2 is 2.25 bits per heavy atom. The molecule has 3 rings (SSSR count). The molecule has 2 aromatic rings. The van der Waals surface area contributed by atoms with E-state index in [4.69, 9.17) is 0 Å². The Balaban J connectivity index is 2.36. The van der Waals surface area contributed by atoms with E-state index in [9.17, 15) is 0 Å². The quantitative estimate of drug-likeness (QED) is 0.813. The minimum atomic E-state index is 0.972. The van der Waals surface area contributed by atoms with Crippen LogP contribution in [0.3, 0.4) is 0 Å². The third-order valence-corrected chi connectivity index (χ3v) is 3.72. The highest BCUT2D eigenvalue weighted by atomic mass is 15.0. The van der Waals surface area contributed by atoms with Gasteiger partial charge in [0.25, 0.3) is 0 Å². The van der Waals surface area contributed by atoms with Crippen LogP contribution in [0.5, 0.6) is 0 Å². The maximum absolute atomic E-state index is 3.28. The van der Waals surface area contributed by atoms with Crippen LogP contribution in [0.4, 0.5) is 0 Å². The third kappa shape index (κ3) is 1.23. The molecule has 0 unspecified atom stereocenters. The lowest BCUT2D eigenvalue weighted by atomic mass is 10.0. The first kappa shape index (κ1) is 9.91. The smallest absolute Gasteiger partial charge is 0.0518 e. The van der Waals surface area contributed by atoms with Gasteiger partial charge in [0, 0.05) is 24.2 Å². The van der Waals surface area contributed by atoms with Gasteiger partial charge in [-0.25, -0.2) is 0 Å². The summed E-state index contributed by atoms with van der Waals surface area (Å²) in [6.45, 7) is 4.40. The molecule has 2 nitrogen and oxygen atoms in total. The molecule has 1 aliphatic rings. The highest BCUT2D eigenvalue weighted by molar-refractivity contribution is 5.88. The summed E-state index contributed by atoms with van der Waals surface area (Å²) in [6, 6.07) is 6.74. The summed E-state index contributed by atoms with van der Waals surface area (Å²) in [6.07, 6.45) is 2.51. The van der Waals surface area contributed by atoms with Crippen molar-refractivity contribution in [1.29, 1.82) is 0 Å². The van der Waals surface area contributed by atoms with Crippen LogP contribution in [0.2, 0.25) is 0 Å². The minimum Gasteiger partial charge on any atom is -0.343 e. The summed E-state index contributed by atoms with van der Waals surface area (Å²) in [5.74, 6) is 0. The maximum Gasteiger partial charge on any atom is 0.0518 e. The molecule has 16 heavy (non-hydrogen) atoms. The van der Waals surface area contributed by atoms with Crippen molar-refractivity contribution >= 4 is 10.9 Å². The molecular weight excluding hydrogens is 196 g/mol. The van der Waals surface area contributed by atoms with Gasteiger partial charge in [-0.05, 0) is 37.9 Å². The van der Waals surface area contributed by atoms with Crippen LogP contribution >= 0.6 is 0 Å². The van der Waals surface area contributed by atoms with Crippen molar-refractivity contribution in [3.63, 3.8) is 0 Å². The van der Waals surface area contributed by atoms with Gasteiger partial charge in [-0.3, -0.25) is 0 Å². The minimum absolute atomic E-state index is 0.972. The monoisotopic (exact) mass is 214 g/mol. The lowest BCUT2D eigenvalue weighted by molar-refractivity contribution is 0.597. The second-order valence-electron chi connectivity index (χ2n) is 4.67. The Labute approximate surface area is 96.3 Å². The summed E-state index contributed by atoms with van der Waals surface area (Å²) in [4.78, 5) is 0. The number of hydrogen-bond donors (Lipinski definition) is 1. The van der Waals surface area contributed by atoms with Crippen molar-refractivity contribution in [2.75, 3.05) is 7.05 Å². The van der Waals surface area contributed by atoms with Gasteiger partial charge in [-0.1, -0.05) is 18.2 Å². The van der Waals surface area contributed by atoms with E-state index in [2.05, 4.69) is 35.0 Å². The van der Waals surface area contributed by atoms with Crippen LogP contribution in [-0.2, 0) is 19.5 Å². The Kier molecular flexibility index (Phi) is 2.25. The molecule has 0 bridgehead atoms. The molecule has 2 heteroatoms. The van der Waals surface area contributed by atoms with E-state index < -0.39 is 0 Å². The Hall–Kier alpha value is -1.28. The van der Waals surface area contributed by atoms with Crippen LogP contribution in [0.15, 0.2) is 18.2 Å². The van der Waals surface area contributed by atoms with Gasteiger partial charge in [-0.15, -0.1) is 0 Å². The molecule has 84 valence electrons. The van der Waals surface area contributed by atoms with Gasteiger partial charge in [-0.2, -0.15) is 0 Å². The summed E-state index contributed by atoms with van der Waals surface area (Å²) in [7, 11) is 2.02. The van der Waals surface area contributed by atoms with Gasteiger partial charge in [0.05, 0.1) is 5.52 Å². The largest absolute Gasteiger partial charge is 0.343 e. The highest BCUT2D eigenvalue weighted by Crippen LogP contribution is 2.32. The maximum atomic E-state index is 3.28. The van der Waals surface area contributed by atoms with Gasteiger partial charge >= 0.3 is 0 Å². The van der Waals surface area contributed by atoms with Gasteiger partial charge in [0.2, 0.25) is 0 Å². The van der Waals surface area contributed by atoms with E-state index in [0.29, 0.717) is 0 Å². The SMILES string of the molecule is CNCc1c(C)c2cccc3c2n1CCC3. The molecule has 0 amide bonds. The molecule has 0 spiro atoms. The first-order valence-electron chi connectivity index (χ1n) is 6.07. The normalized spacial score (nSPS) is 14.6. The molecule has 1 aromatic carbocycles. The van der Waals surface area contributed by atoms with Crippen molar-refractivity contribution in [1.82, 2.24) is 9.88 Å². The number of aromatic nitrogens is 1. The van der Waals surface area contributed by atoms with Crippen LogP contribution in [0.1, 0.15) is 23.2 Å². The highest BCUT2D eigenvalue weighted by Gasteiger charge is 2.18. The molecule has 0 saturated heterocycles. The van der Waals surface area contributed by atoms with E-state index in [1.54, 1.807) is 0 Å². The number of hydrogen-bond acceptors (Lipinski definition) is 1. The van der Waals surface area contributed by atoms with E-state index in [1.807, 2.05) is 7.05 Å². The summed E-state index contributed by atoms with van der Waals surface area (Å²) < 4.78 is 2.51. The lowest BCUT2D eigenvalue weighted by Crippen LogP contribution is -2.15. The topological polar surface area (TPSA) is 17.0 Å². The Morgan fingerprint density at radius 3 is 3.06 bits per heavy atom. The fourth-order valence-corrected chi connectivity index (χ4v) is 2.98.